The largest absolute Gasteiger partial charge is 0.454 e. The summed E-state index contributed by atoms with van der Waals surface area (Å²) in [5.41, 5.74) is 2.14. The Balaban J connectivity index is 1.60. The molecule has 0 saturated heterocycles. The highest BCUT2D eigenvalue weighted by atomic mass is 16.7. The summed E-state index contributed by atoms with van der Waals surface area (Å²) in [5.74, 6) is 7.82. The Bertz CT molecular complexity index is 676. The van der Waals surface area contributed by atoms with Gasteiger partial charge < -0.3 is 9.47 Å². The molecule has 98 valence electrons. The van der Waals surface area contributed by atoms with Crippen LogP contribution < -0.4 is 9.47 Å². The van der Waals surface area contributed by atoms with Crippen molar-refractivity contribution in [3.63, 3.8) is 0 Å². The molecule has 1 aliphatic rings. The Kier molecular flexibility index (Phi) is 3.71. The van der Waals surface area contributed by atoms with Crippen LogP contribution in [0.5, 0.6) is 11.5 Å². The van der Waals surface area contributed by atoms with E-state index in [-0.39, 0.29) is 0 Å². The van der Waals surface area contributed by atoms with E-state index in [0.29, 0.717) is 6.79 Å². The van der Waals surface area contributed by atoms with Gasteiger partial charge in [0.1, 0.15) is 0 Å². The lowest BCUT2D eigenvalue weighted by Crippen LogP contribution is -1.92. The van der Waals surface area contributed by atoms with Gasteiger partial charge in [-0.15, -0.1) is 0 Å². The fourth-order valence-corrected chi connectivity index (χ4v) is 1.95. The highest BCUT2D eigenvalue weighted by molar-refractivity contribution is 5.51. The van der Waals surface area contributed by atoms with Gasteiger partial charge in [0.15, 0.2) is 11.5 Å². The molecule has 2 aromatic carbocycles. The maximum Gasteiger partial charge on any atom is 0.231 e. The molecule has 0 saturated carbocycles. The first-order valence-electron chi connectivity index (χ1n) is 6.52. The van der Waals surface area contributed by atoms with Crippen molar-refractivity contribution >= 4 is 6.08 Å². The predicted octanol–water partition coefficient (Wildman–Crippen LogP) is 3.87. The molecule has 0 unspecified atom stereocenters. The van der Waals surface area contributed by atoms with Gasteiger partial charge in [0.25, 0.3) is 0 Å². The van der Waals surface area contributed by atoms with E-state index >= 15 is 0 Å². The van der Waals surface area contributed by atoms with Crippen LogP contribution in [0.4, 0.5) is 0 Å². The molecule has 2 nitrogen and oxygen atoms in total. The Morgan fingerprint density at radius 1 is 1.00 bits per heavy atom. The van der Waals surface area contributed by atoms with Gasteiger partial charge in [-0.3, -0.25) is 0 Å². The number of hydrogen-bond acceptors (Lipinski definition) is 2. The molecule has 1 heterocycles. The molecular weight excluding hydrogens is 248 g/mol. The van der Waals surface area contributed by atoms with Crippen LogP contribution in [0.3, 0.4) is 0 Å². The van der Waals surface area contributed by atoms with Crippen LogP contribution in [0.2, 0.25) is 0 Å². The first-order chi connectivity index (χ1) is 9.92. The quantitative estimate of drug-likeness (QED) is 0.765. The third-order valence-electron chi connectivity index (χ3n) is 2.94. The Morgan fingerprint density at radius 2 is 1.85 bits per heavy atom. The summed E-state index contributed by atoms with van der Waals surface area (Å²) >= 11 is 0. The molecule has 0 spiro atoms. The standard InChI is InChI=1S/C18H14O2/c1-3-7-15(8-4-1)9-5-2-6-10-16-11-12-17-18(13-16)20-14-19-17/h1,3-5,7-9,11-13H,2,14H2/b9-5+. The smallest absolute Gasteiger partial charge is 0.231 e. The monoisotopic (exact) mass is 262 g/mol. The highest BCUT2D eigenvalue weighted by Crippen LogP contribution is 2.32. The summed E-state index contributed by atoms with van der Waals surface area (Å²) in [5, 5.41) is 0. The van der Waals surface area contributed by atoms with Crippen molar-refractivity contribution in [3.8, 4) is 23.3 Å². The molecule has 0 radical (unpaired) electrons. The summed E-state index contributed by atoms with van der Waals surface area (Å²) in [6.45, 7) is 0.298. The number of benzene rings is 2. The molecule has 20 heavy (non-hydrogen) atoms. The normalized spacial score (nSPS) is 12.2. The summed E-state index contributed by atoms with van der Waals surface area (Å²) in [6.07, 6.45) is 4.87. The summed E-state index contributed by atoms with van der Waals surface area (Å²) in [4.78, 5) is 0. The maximum absolute atomic E-state index is 5.32. The van der Waals surface area contributed by atoms with Crippen LogP contribution in [0.15, 0.2) is 54.6 Å². The topological polar surface area (TPSA) is 18.5 Å². The molecule has 0 N–H and O–H groups in total. The molecule has 0 aromatic heterocycles. The van der Waals surface area contributed by atoms with Gasteiger partial charge in [0, 0.05) is 12.0 Å². The van der Waals surface area contributed by atoms with Gasteiger partial charge in [-0.05, 0) is 23.8 Å². The second kappa shape index (κ2) is 5.99. The van der Waals surface area contributed by atoms with Crippen LogP contribution in [0.1, 0.15) is 17.5 Å². The fourth-order valence-electron chi connectivity index (χ4n) is 1.95. The van der Waals surface area contributed by atoms with Crippen LogP contribution in [0.25, 0.3) is 6.08 Å². The Morgan fingerprint density at radius 3 is 2.75 bits per heavy atom. The summed E-state index contributed by atoms with van der Waals surface area (Å²) < 4.78 is 10.6. The third kappa shape index (κ3) is 3.02. The second-order valence-electron chi connectivity index (χ2n) is 4.39. The average molecular weight is 262 g/mol. The molecule has 0 fully saturated rings. The summed E-state index contributed by atoms with van der Waals surface area (Å²) in [7, 11) is 0. The van der Waals surface area contributed by atoms with Crippen LogP contribution >= 0.6 is 0 Å². The first-order valence-corrected chi connectivity index (χ1v) is 6.52. The zero-order valence-corrected chi connectivity index (χ0v) is 11.0. The number of fused-ring (bicyclic) bond motifs is 1. The number of ether oxygens (including phenoxy) is 2. The lowest BCUT2D eigenvalue weighted by atomic mass is 10.2. The Labute approximate surface area is 118 Å². The second-order valence-corrected chi connectivity index (χ2v) is 4.39. The van der Waals surface area contributed by atoms with E-state index in [9.17, 15) is 0 Å². The van der Waals surface area contributed by atoms with E-state index in [4.69, 9.17) is 9.47 Å². The number of rotatable bonds is 2. The minimum atomic E-state index is 0.298. The lowest BCUT2D eigenvalue weighted by Gasteiger charge is -1.95. The average Bonchev–Trinajstić information content (AvgIpc) is 2.95. The van der Waals surface area contributed by atoms with Gasteiger partial charge in [-0.1, -0.05) is 54.3 Å². The van der Waals surface area contributed by atoms with Gasteiger partial charge in [-0.25, -0.2) is 0 Å². The van der Waals surface area contributed by atoms with E-state index in [1.54, 1.807) is 0 Å². The highest BCUT2D eigenvalue weighted by Gasteiger charge is 2.12. The number of hydrogen-bond donors (Lipinski definition) is 0. The van der Waals surface area contributed by atoms with Crippen molar-refractivity contribution in [2.24, 2.45) is 0 Å². The van der Waals surface area contributed by atoms with Crippen molar-refractivity contribution in [1.29, 1.82) is 0 Å². The fraction of sp³-hybridized carbons (Fsp3) is 0.111. The molecule has 2 heteroatoms. The third-order valence-corrected chi connectivity index (χ3v) is 2.94. The SMILES string of the molecule is C(#Cc1ccc2c(c1)OCO2)C/C=C/c1ccccc1. The van der Waals surface area contributed by atoms with E-state index in [1.807, 2.05) is 36.4 Å². The molecular formula is C18H14O2. The van der Waals surface area contributed by atoms with Gasteiger partial charge in [0.05, 0.1) is 0 Å². The van der Waals surface area contributed by atoms with E-state index in [2.05, 4.69) is 36.1 Å². The summed E-state index contributed by atoms with van der Waals surface area (Å²) in [6, 6.07) is 16.0. The van der Waals surface area contributed by atoms with Crippen molar-refractivity contribution in [3.05, 3.63) is 65.7 Å². The molecule has 0 aliphatic carbocycles. The van der Waals surface area contributed by atoms with Crippen LogP contribution in [0, 0.1) is 11.8 Å². The molecule has 2 aromatic rings. The van der Waals surface area contributed by atoms with E-state index < -0.39 is 0 Å². The number of allylic oxidation sites excluding steroid dienone is 1. The molecule has 1 aliphatic heterocycles. The van der Waals surface area contributed by atoms with Crippen molar-refractivity contribution in [2.75, 3.05) is 6.79 Å². The van der Waals surface area contributed by atoms with Crippen molar-refractivity contribution in [2.45, 2.75) is 6.42 Å². The van der Waals surface area contributed by atoms with Gasteiger partial charge in [0.2, 0.25) is 6.79 Å². The maximum atomic E-state index is 5.32. The molecule has 0 bridgehead atoms. The van der Waals surface area contributed by atoms with E-state index in [1.165, 1.54) is 5.56 Å². The van der Waals surface area contributed by atoms with Crippen LogP contribution in [-0.2, 0) is 0 Å². The Hall–Kier alpha value is -2.66. The van der Waals surface area contributed by atoms with E-state index in [0.717, 1.165) is 23.5 Å². The molecule has 0 amide bonds. The lowest BCUT2D eigenvalue weighted by molar-refractivity contribution is 0.174. The zero-order chi connectivity index (χ0) is 13.6. The molecule has 0 atom stereocenters. The van der Waals surface area contributed by atoms with Crippen molar-refractivity contribution in [1.82, 2.24) is 0 Å². The minimum Gasteiger partial charge on any atom is -0.454 e. The van der Waals surface area contributed by atoms with Crippen molar-refractivity contribution < 1.29 is 9.47 Å². The zero-order valence-electron chi connectivity index (χ0n) is 11.0. The van der Waals surface area contributed by atoms with Gasteiger partial charge in [-0.2, -0.15) is 0 Å². The van der Waals surface area contributed by atoms with Crippen LogP contribution in [-0.4, -0.2) is 6.79 Å². The first kappa shape index (κ1) is 12.4. The predicted molar refractivity (Wildman–Crippen MR) is 79.5 cm³/mol. The molecule has 3 rings (SSSR count). The van der Waals surface area contributed by atoms with Gasteiger partial charge >= 0.3 is 0 Å². The minimum absolute atomic E-state index is 0.298.